The Labute approximate surface area is 126 Å². The zero-order valence-corrected chi connectivity index (χ0v) is 12.4. The minimum Gasteiger partial charge on any atom is -0.309 e. The van der Waals surface area contributed by atoms with Gasteiger partial charge in [-0.15, -0.1) is 11.3 Å². The van der Waals surface area contributed by atoms with Gasteiger partial charge in [-0.2, -0.15) is 0 Å². The zero-order chi connectivity index (χ0) is 14.4. The maximum atomic E-state index is 13.9. The summed E-state index contributed by atoms with van der Waals surface area (Å²) in [5.41, 5.74) is 1.52. The van der Waals surface area contributed by atoms with Gasteiger partial charge in [-0.05, 0) is 37.8 Å². The van der Waals surface area contributed by atoms with E-state index in [1.165, 1.54) is 54.0 Å². The third-order valence-electron chi connectivity index (χ3n) is 3.98. The van der Waals surface area contributed by atoms with Crippen molar-refractivity contribution in [1.29, 1.82) is 0 Å². The van der Waals surface area contributed by atoms with Gasteiger partial charge in [0.15, 0.2) is 0 Å². The predicted octanol–water partition coefficient (Wildman–Crippen LogP) is 4.22. The number of halogens is 2. The van der Waals surface area contributed by atoms with Crippen LogP contribution >= 0.6 is 11.3 Å². The van der Waals surface area contributed by atoms with Crippen molar-refractivity contribution < 1.29 is 8.78 Å². The minimum absolute atomic E-state index is 0.404. The standard InChI is InChI=1S/C16H16F2N2S/c17-10-3-6-12(13(18)7-10)16-20-15(9-1-2-9)14(21-16)8-19-11-4-5-11/h3,6-7,9,11,19H,1-2,4-5,8H2. The van der Waals surface area contributed by atoms with E-state index in [1.54, 1.807) is 0 Å². The molecule has 0 radical (unpaired) electrons. The molecule has 5 heteroatoms. The molecular weight excluding hydrogens is 290 g/mol. The smallest absolute Gasteiger partial charge is 0.136 e. The average molecular weight is 306 g/mol. The number of aromatic nitrogens is 1. The fraction of sp³-hybridized carbons (Fsp3) is 0.438. The van der Waals surface area contributed by atoms with Crippen LogP contribution in [0.3, 0.4) is 0 Å². The van der Waals surface area contributed by atoms with Crippen molar-refractivity contribution in [2.75, 3.05) is 0 Å². The van der Waals surface area contributed by atoms with Gasteiger partial charge in [0.1, 0.15) is 16.6 Å². The predicted molar refractivity (Wildman–Crippen MR) is 79.3 cm³/mol. The molecule has 1 aromatic heterocycles. The topological polar surface area (TPSA) is 24.9 Å². The molecule has 110 valence electrons. The SMILES string of the molecule is Fc1ccc(-c2nc(C3CC3)c(CNC3CC3)s2)c(F)c1. The fourth-order valence-electron chi connectivity index (χ4n) is 2.47. The van der Waals surface area contributed by atoms with Crippen LogP contribution < -0.4 is 5.32 Å². The number of nitrogens with zero attached hydrogens (tertiary/aromatic N) is 1. The van der Waals surface area contributed by atoms with E-state index in [0.717, 1.165) is 18.3 Å². The fourth-order valence-corrected chi connectivity index (χ4v) is 3.59. The molecule has 0 aliphatic heterocycles. The molecule has 2 aliphatic rings. The van der Waals surface area contributed by atoms with Gasteiger partial charge in [-0.1, -0.05) is 0 Å². The summed E-state index contributed by atoms with van der Waals surface area (Å²) >= 11 is 1.53. The highest BCUT2D eigenvalue weighted by atomic mass is 32.1. The highest BCUT2D eigenvalue weighted by Gasteiger charge is 2.31. The molecule has 0 saturated heterocycles. The lowest BCUT2D eigenvalue weighted by Gasteiger charge is -2.01. The molecule has 0 amide bonds. The Morgan fingerprint density at radius 2 is 2.00 bits per heavy atom. The van der Waals surface area contributed by atoms with Crippen molar-refractivity contribution in [1.82, 2.24) is 10.3 Å². The number of nitrogens with one attached hydrogen (secondary N) is 1. The molecule has 2 aromatic rings. The lowest BCUT2D eigenvalue weighted by atomic mass is 10.2. The Hall–Kier alpha value is -1.33. The van der Waals surface area contributed by atoms with Crippen molar-refractivity contribution in [2.24, 2.45) is 0 Å². The quantitative estimate of drug-likeness (QED) is 0.894. The summed E-state index contributed by atoms with van der Waals surface area (Å²) in [5.74, 6) is -0.548. The molecule has 0 spiro atoms. The Balaban J connectivity index is 1.66. The van der Waals surface area contributed by atoms with Gasteiger partial charge in [0.25, 0.3) is 0 Å². The molecule has 2 aliphatic carbocycles. The number of hydrogen-bond acceptors (Lipinski definition) is 3. The summed E-state index contributed by atoms with van der Waals surface area (Å²) in [4.78, 5) is 5.86. The van der Waals surface area contributed by atoms with E-state index in [-0.39, 0.29) is 0 Å². The molecule has 1 N–H and O–H groups in total. The van der Waals surface area contributed by atoms with Gasteiger partial charge in [0, 0.05) is 35.0 Å². The molecule has 4 rings (SSSR count). The van der Waals surface area contributed by atoms with E-state index in [2.05, 4.69) is 10.3 Å². The molecule has 0 unspecified atom stereocenters. The molecular formula is C16H16F2N2S. The van der Waals surface area contributed by atoms with Gasteiger partial charge in [-0.3, -0.25) is 0 Å². The highest BCUT2D eigenvalue weighted by Crippen LogP contribution is 2.44. The molecule has 2 saturated carbocycles. The number of hydrogen-bond donors (Lipinski definition) is 1. The van der Waals surface area contributed by atoms with Crippen molar-refractivity contribution >= 4 is 11.3 Å². The van der Waals surface area contributed by atoms with E-state index in [9.17, 15) is 8.78 Å². The van der Waals surface area contributed by atoms with Crippen molar-refractivity contribution in [3.63, 3.8) is 0 Å². The lowest BCUT2D eigenvalue weighted by molar-refractivity contribution is 0.585. The lowest BCUT2D eigenvalue weighted by Crippen LogP contribution is -2.15. The Morgan fingerprint density at radius 1 is 1.19 bits per heavy atom. The molecule has 2 nitrogen and oxygen atoms in total. The van der Waals surface area contributed by atoms with Crippen molar-refractivity contribution in [3.05, 3.63) is 40.4 Å². The molecule has 0 atom stereocenters. The van der Waals surface area contributed by atoms with Crippen LogP contribution in [0.2, 0.25) is 0 Å². The maximum Gasteiger partial charge on any atom is 0.136 e. The second-order valence-electron chi connectivity index (χ2n) is 5.88. The van der Waals surface area contributed by atoms with Gasteiger partial charge in [-0.25, -0.2) is 13.8 Å². The molecule has 2 fully saturated rings. The first-order valence-electron chi connectivity index (χ1n) is 7.39. The van der Waals surface area contributed by atoms with Gasteiger partial charge in [0.2, 0.25) is 0 Å². The first-order valence-corrected chi connectivity index (χ1v) is 8.21. The van der Waals surface area contributed by atoms with Crippen LogP contribution in [0.4, 0.5) is 8.78 Å². The Bertz CT molecular complexity index is 675. The molecule has 1 heterocycles. The normalized spacial score (nSPS) is 18.2. The largest absolute Gasteiger partial charge is 0.309 e. The van der Waals surface area contributed by atoms with Gasteiger partial charge in [0.05, 0.1) is 5.69 Å². The number of benzene rings is 1. The average Bonchev–Trinajstić information content (AvgIpc) is 3.36. The second-order valence-corrected chi connectivity index (χ2v) is 6.96. The van der Waals surface area contributed by atoms with E-state index in [4.69, 9.17) is 0 Å². The highest BCUT2D eigenvalue weighted by molar-refractivity contribution is 7.15. The van der Waals surface area contributed by atoms with Crippen LogP contribution in [-0.4, -0.2) is 11.0 Å². The number of thiazole rings is 1. The van der Waals surface area contributed by atoms with E-state index >= 15 is 0 Å². The first-order chi connectivity index (χ1) is 10.2. The maximum absolute atomic E-state index is 13.9. The second kappa shape index (κ2) is 5.14. The monoisotopic (exact) mass is 306 g/mol. The summed E-state index contributed by atoms with van der Waals surface area (Å²) in [7, 11) is 0. The van der Waals surface area contributed by atoms with E-state index in [0.29, 0.717) is 22.5 Å². The van der Waals surface area contributed by atoms with Crippen LogP contribution in [0.1, 0.15) is 42.2 Å². The Kier molecular flexibility index (Phi) is 3.27. The van der Waals surface area contributed by atoms with Gasteiger partial charge >= 0.3 is 0 Å². The van der Waals surface area contributed by atoms with Crippen molar-refractivity contribution in [2.45, 2.75) is 44.2 Å². The van der Waals surface area contributed by atoms with Crippen LogP contribution in [0.25, 0.3) is 10.6 Å². The number of rotatable bonds is 5. The van der Waals surface area contributed by atoms with Gasteiger partial charge < -0.3 is 5.32 Å². The zero-order valence-electron chi connectivity index (χ0n) is 11.5. The third-order valence-corrected chi connectivity index (χ3v) is 5.09. The van der Waals surface area contributed by atoms with Crippen LogP contribution in [0.5, 0.6) is 0 Å². The summed E-state index contributed by atoms with van der Waals surface area (Å²) in [6.07, 6.45) is 4.84. The first kappa shape index (κ1) is 13.3. The van der Waals surface area contributed by atoms with Crippen LogP contribution in [0, 0.1) is 11.6 Å². The summed E-state index contributed by atoms with van der Waals surface area (Å²) in [6.45, 7) is 0.816. The molecule has 21 heavy (non-hydrogen) atoms. The van der Waals surface area contributed by atoms with E-state index in [1.807, 2.05) is 0 Å². The summed E-state index contributed by atoms with van der Waals surface area (Å²) < 4.78 is 27.0. The minimum atomic E-state index is -0.550. The molecule has 0 bridgehead atoms. The summed E-state index contributed by atoms with van der Waals surface area (Å²) in [5, 5.41) is 4.17. The van der Waals surface area contributed by atoms with E-state index < -0.39 is 11.6 Å². The molecule has 1 aromatic carbocycles. The Morgan fingerprint density at radius 3 is 2.67 bits per heavy atom. The third kappa shape index (κ3) is 2.85. The summed E-state index contributed by atoms with van der Waals surface area (Å²) in [6, 6.07) is 4.34. The van der Waals surface area contributed by atoms with Crippen LogP contribution in [0.15, 0.2) is 18.2 Å². The van der Waals surface area contributed by atoms with Crippen molar-refractivity contribution in [3.8, 4) is 10.6 Å². The van der Waals surface area contributed by atoms with Crippen LogP contribution in [-0.2, 0) is 6.54 Å².